The topological polar surface area (TPSA) is 59.4 Å². The van der Waals surface area contributed by atoms with Crippen molar-refractivity contribution in [3.63, 3.8) is 0 Å². The first-order valence-corrected chi connectivity index (χ1v) is 9.41. The van der Waals surface area contributed by atoms with E-state index in [0.717, 1.165) is 32.7 Å². The average Bonchev–Trinajstić information content (AvgIpc) is 2.63. The number of halogens is 1. The van der Waals surface area contributed by atoms with Crippen molar-refractivity contribution in [2.75, 3.05) is 38.0 Å². The molecule has 1 fully saturated rings. The largest absolute Gasteiger partial charge is 0.324 e. The van der Waals surface area contributed by atoms with Gasteiger partial charge in [0.1, 0.15) is 6.07 Å². The summed E-state index contributed by atoms with van der Waals surface area (Å²) in [7, 11) is 0. The third-order valence-corrected chi connectivity index (χ3v) is 4.93. The number of carbonyl (C=O) groups is 1. The fourth-order valence-electron chi connectivity index (χ4n) is 3.28. The molecule has 1 heterocycles. The molecule has 0 spiro atoms. The molecule has 0 bridgehead atoms. The average molecular weight is 383 g/mol. The fraction of sp³-hybridized carbons (Fsp3) is 0.333. The summed E-state index contributed by atoms with van der Waals surface area (Å²) in [6.07, 6.45) is 0. The summed E-state index contributed by atoms with van der Waals surface area (Å²) < 4.78 is 0. The number of amides is 1. The quantitative estimate of drug-likeness (QED) is 0.862. The Morgan fingerprint density at radius 1 is 1.15 bits per heavy atom. The molecule has 0 saturated carbocycles. The summed E-state index contributed by atoms with van der Waals surface area (Å²) in [5.74, 6) is -0.124. The Labute approximate surface area is 165 Å². The standard InChI is InChI=1S/C21H23ClN4O/c1-16-3-2-4-17(11-16)14-25-7-9-26(10-8-25)15-21(27)24-20-12-19(22)6-5-18(20)13-23/h2-6,11-12H,7-10,14-15H2,1H3,(H,24,27). The Balaban J connectivity index is 1.48. The summed E-state index contributed by atoms with van der Waals surface area (Å²) in [6, 6.07) is 15.5. The number of nitrogens with zero attached hydrogens (tertiary/aromatic N) is 3. The van der Waals surface area contributed by atoms with Crippen molar-refractivity contribution < 1.29 is 4.79 Å². The molecule has 2 aromatic carbocycles. The molecule has 0 radical (unpaired) electrons. The Morgan fingerprint density at radius 2 is 1.89 bits per heavy atom. The zero-order valence-electron chi connectivity index (χ0n) is 15.4. The normalized spacial score (nSPS) is 15.3. The van der Waals surface area contributed by atoms with Crippen molar-refractivity contribution in [3.8, 4) is 6.07 Å². The van der Waals surface area contributed by atoms with Crippen LogP contribution in [-0.2, 0) is 11.3 Å². The molecular weight excluding hydrogens is 360 g/mol. The van der Waals surface area contributed by atoms with Crippen molar-refractivity contribution in [2.24, 2.45) is 0 Å². The smallest absolute Gasteiger partial charge is 0.238 e. The molecule has 1 aliphatic heterocycles. The van der Waals surface area contributed by atoms with Crippen LogP contribution in [0.15, 0.2) is 42.5 Å². The lowest BCUT2D eigenvalue weighted by atomic mass is 10.1. The number of hydrogen-bond acceptors (Lipinski definition) is 4. The van der Waals surface area contributed by atoms with Crippen LogP contribution in [-0.4, -0.2) is 48.4 Å². The van der Waals surface area contributed by atoms with Gasteiger partial charge in [-0.15, -0.1) is 0 Å². The zero-order valence-corrected chi connectivity index (χ0v) is 16.2. The molecule has 1 N–H and O–H groups in total. The molecule has 1 aliphatic rings. The van der Waals surface area contributed by atoms with Gasteiger partial charge in [-0.05, 0) is 30.7 Å². The van der Waals surface area contributed by atoms with E-state index in [1.165, 1.54) is 11.1 Å². The summed E-state index contributed by atoms with van der Waals surface area (Å²) >= 11 is 5.96. The van der Waals surface area contributed by atoms with Gasteiger partial charge in [-0.25, -0.2) is 0 Å². The maximum absolute atomic E-state index is 12.4. The lowest BCUT2D eigenvalue weighted by Crippen LogP contribution is -2.48. The van der Waals surface area contributed by atoms with E-state index < -0.39 is 0 Å². The number of piperazine rings is 1. The highest BCUT2D eigenvalue weighted by Gasteiger charge is 2.19. The third kappa shape index (κ3) is 5.54. The van der Waals surface area contributed by atoms with E-state index in [4.69, 9.17) is 16.9 Å². The summed E-state index contributed by atoms with van der Waals surface area (Å²) in [5, 5.41) is 12.5. The van der Waals surface area contributed by atoms with Crippen LogP contribution in [0, 0.1) is 18.3 Å². The van der Waals surface area contributed by atoms with Crippen LogP contribution in [0.3, 0.4) is 0 Å². The van der Waals surface area contributed by atoms with Gasteiger partial charge >= 0.3 is 0 Å². The number of nitriles is 1. The molecule has 27 heavy (non-hydrogen) atoms. The second-order valence-corrected chi connectivity index (χ2v) is 7.33. The highest BCUT2D eigenvalue weighted by atomic mass is 35.5. The predicted octanol–water partition coefficient (Wildman–Crippen LogP) is 3.28. The molecule has 1 saturated heterocycles. The van der Waals surface area contributed by atoms with Gasteiger partial charge in [-0.2, -0.15) is 5.26 Å². The van der Waals surface area contributed by atoms with Gasteiger partial charge in [0.05, 0.1) is 17.8 Å². The van der Waals surface area contributed by atoms with Crippen LogP contribution >= 0.6 is 11.6 Å². The van der Waals surface area contributed by atoms with Crippen LogP contribution < -0.4 is 5.32 Å². The van der Waals surface area contributed by atoms with E-state index in [9.17, 15) is 4.79 Å². The van der Waals surface area contributed by atoms with Crippen LogP contribution in [0.1, 0.15) is 16.7 Å². The monoisotopic (exact) mass is 382 g/mol. The number of anilines is 1. The highest BCUT2D eigenvalue weighted by molar-refractivity contribution is 6.31. The molecule has 0 aliphatic carbocycles. The van der Waals surface area contributed by atoms with Crippen molar-refractivity contribution in [2.45, 2.75) is 13.5 Å². The van der Waals surface area contributed by atoms with Crippen LogP contribution in [0.4, 0.5) is 5.69 Å². The second-order valence-electron chi connectivity index (χ2n) is 6.89. The molecule has 140 valence electrons. The lowest BCUT2D eigenvalue weighted by Gasteiger charge is -2.34. The SMILES string of the molecule is Cc1cccc(CN2CCN(CC(=O)Nc3cc(Cl)ccc3C#N)CC2)c1. The maximum atomic E-state index is 12.4. The van der Waals surface area contributed by atoms with Crippen LogP contribution in [0.25, 0.3) is 0 Å². The molecule has 0 aromatic heterocycles. The summed E-state index contributed by atoms with van der Waals surface area (Å²) in [5.41, 5.74) is 3.48. The minimum absolute atomic E-state index is 0.124. The molecule has 3 rings (SSSR count). The Morgan fingerprint density at radius 3 is 2.59 bits per heavy atom. The van der Waals surface area contributed by atoms with Gasteiger partial charge in [0.25, 0.3) is 0 Å². The number of benzene rings is 2. The molecule has 5 nitrogen and oxygen atoms in total. The molecule has 1 amide bonds. The van der Waals surface area contributed by atoms with Gasteiger partial charge in [0.15, 0.2) is 0 Å². The predicted molar refractivity (Wildman–Crippen MR) is 108 cm³/mol. The maximum Gasteiger partial charge on any atom is 0.238 e. The van der Waals surface area contributed by atoms with Gasteiger partial charge in [0, 0.05) is 37.7 Å². The lowest BCUT2D eigenvalue weighted by molar-refractivity contribution is -0.117. The van der Waals surface area contributed by atoms with E-state index in [0.29, 0.717) is 22.8 Å². The summed E-state index contributed by atoms with van der Waals surface area (Å²) in [6.45, 7) is 6.92. The zero-order chi connectivity index (χ0) is 19.2. The molecule has 6 heteroatoms. The minimum Gasteiger partial charge on any atom is -0.324 e. The first-order valence-electron chi connectivity index (χ1n) is 9.03. The summed E-state index contributed by atoms with van der Waals surface area (Å²) in [4.78, 5) is 16.9. The number of aryl methyl sites for hydroxylation is 1. The van der Waals surface area contributed by atoms with Gasteiger partial charge in [-0.1, -0.05) is 41.4 Å². The van der Waals surface area contributed by atoms with Crippen molar-refractivity contribution in [1.82, 2.24) is 9.80 Å². The van der Waals surface area contributed by atoms with Crippen molar-refractivity contribution in [1.29, 1.82) is 5.26 Å². The first kappa shape index (κ1) is 19.4. The van der Waals surface area contributed by atoms with E-state index in [-0.39, 0.29) is 5.91 Å². The number of nitrogens with one attached hydrogen (secondary N) is 1. The Bertz CT molecular complexity index is 854. The van der Waals surface area contributed by atoms with Crippen LogP contribution in [0.2, 0.25) is 5.02 Å². The van der Waals surface area contributed by atoms with E-state index in [1.807, 2.05) is 0 Å². The Kier molecular flexibility index (Phi) is 6.46. The van der Waals surface area contributed by atoms with E-state index in [2.05, 4.69) is 52.4 Å². The third-order valence-electron chi connectivity index (χ3n) is 4.70. The second kappa shape index (κ2) is 9.01. The number of hydrogen-bond donors (Lipinski definition) is 1. The molecule has 0 atom stereocenters. The molecule has 0 unspecified atom stereocenters. The van der Waals surface area contributed by atoms with Crippen molar-refractivity contribution >= 4 is 23.2 Å². The molecular formula is C21H23ClN4O. The number of carbonyl (C=O) groups excluding carboxylic acids is 1. The first-order chi connectivity index (χ1) is 13.0. The Hall–Kier alpha value is -2.39. The van der Waals surface area contributed by atoms with Crippen LogP contribution in [0.5, 0.6) is 0 Å². The van der Waals surface area contributed by atoms with Gasteiger partial charge in [-0.3, -0.25) is 14.6 Å². The van der Waals surface area contributed by atoms with Crippen molar-refractivity contribution in [3.05, 3.63) is 64.2 Å². The fourth-order valence-corrected chi connectivity index (χ4v) is 3.46. The molecule has 2 aromatic rings. The highest BCUT2D eigenvalue weighted by Crippen LogP contribution is 2.20. The van der Waals surface area contributed by atoms with Gasteiger partial charge < -0.3 is 5.32 Å². The van der Waals surface area contributed by atoms with E-state index in [1.54, 1.807) is 18.2 Å². The van der Waals surface area contributed by atoms with E-state index >= 15 is 0 Å². The minimum atomic E-state index is -0.124. The van der Waals surface area contributed by atoms with Gasteiger partial charge in [0.2, 0.25) is 5.91 Å². The number of rotatable bonds is 5.